The van der Waals surface area contributed by atoms with Crippen molar-refractivity contribution in [3.8, 4) is 56.2 Å². The van der Waals surface area contributed by atoms with Crippen molar-refractivity contribution in [3.63, 3.8) is 0 Å². The summed E-state index contributed by atoms with van der Waals surface area (Å²) in [4.78, 5) is 15.6. The van der Waals surface area contributed by atoms with Gasteiger partial charge in [0, 0.05) is 38.2 Å². The Morgan fingerprint density at radius 1 is 0.232 bits per heavy atom. The topological polar surface area (TPSA) is 38.7 Å². The summed E-state index contributed by atoms with van der Waals surface area (Å²) >= 11 is 0. The zero-order chi connectivity index (χ0) is 37.0. The molecule has 0 unspecified atom stereocenters. The summed E-state index contributed by atoms with van der Waals surface area (Å²) in [6.45, 7) is 0. The van der Waals surface area contributed by atoms with E-state index in [2.05, 4.69) is 188 Å². The van der Waals surface area contributed by atoms with Crippen LogP contribution >= 0.6 is 0 Å². The smallest absolute Gasteiger partial charge is 0.160 e. The van der Waals surface area contributed by atoms with Crippen LogP contribution in [0, 0.1) is 0 Å². The van der Waals surface area contributed by atoms with Crippen LogP contribution in [0.15, 0.2) is 200 Å². The van der Waals surface area contributed by atoms with Gasteiger partial charge in [-0.05, 0) is 68.1 Å². The fraction of sp³-hybridized carbons (Fsp3) is 0. The van der Waals surface area contributed by atoms with E-state index in [1.807, 2.05) is 12.1 Å². The number of pyridine rings is 1. The number of hydrogen-bond donors (Lipinski definition) is 0. The highest BCUT2D eigenvalue weighted by Crippen LogP contribution is 2.43. The summed E-state index contributed by atoms with van der Waals surface area (Å²) in [5.41, 5.74) is 11.5. The highest BCUT2D eigenvalue weighted by molar-refractivity contribution is 6.33. The standard InChI is InChI=1S/C53H33N3/c1-2-14-34(15-3-1)37-16-12-18-39(32-37)51-46-25-9-11-27-48(46)55-53(56-51)36-30-28-35(29-31-36)38-17-13-19-40(33-38)52-50-44-23-7-5-21-42(44)41-20-4-6-22-43(41)49(50)45-24-8-10-26-47(45)54-52/h1-33H. The van der Waals surface area contributed by atoms with Crippen LogP contribution in [0.1, 0.15) is 0 Å². The van der Waals surface area contributed by atoms with Gasteiger partial charge in [-0.2, -0.15) is 0 Å². The van der Waals surface area contributed by atoms with Gasteiger partial charge in [0.25, 0.3) is 0 Å². The molecule has 0 fully saturated rings. The van der Waals surface area contributed by atoms with Crippen molar-refractivity contribution in [2.24, 2.45) is 0 Å². The average molecular weight is 712 g/mol. The van der Waals surface area contributed by atoms with Crippen molar-refractivity contribution < 1.29 is 0 Å². The Kier molecular flexibility index (Phi) is 7.49. The van der Waals surface area contributed by atoms with Crippen molar-refractivity contribution in [1.82, 2.24) is 15.0 Å². The van der Waals surface area contributed by atoms with Crippen molar-refractivity contribution in [2.45, 2.75) is 0 Å². The largest absolute Gasteiger partial charge is 0.247 e. The number of fused-ring (bicyclic) bond motifs is 9. The highest BCUT2D eigenvalue weighted by Gasteiger charge is 2.18. The lowest BCUT2D eigenvalue weighted by Gasteiger charge is -2.16. The maximum Gasteiger partial charge on any atom is 0.160 e. The lowest BCUT2D eigenvalue weighted by molar-refractivity contribution is 1.23. The molecule has 0 aliphatic heterocycles. The van der Waals surface area contributed by atoms with Gasteiger partial charge < -0.3 is 0 Å². The molecule has 9 aromatic carbocycles. The van der Waals surface area contributed by atoms with Crippen LogP contribution in [0.5, 0.6) is 0 Å². The highest BCUT2D eigenvalue weighted by atomic mass is 14.9. The normalized spacial score (nSPS) is 11.6. The molecule has 0 bridgehead atoms. The van der Waals surface area contributed by atoms with Crippen LogP contribution in [0.25, 0.3) is 110 Å². The summed E-state index contributed by atoms with van der Waals surface area (Å²) in [7, 11) is 0. The van der Waals surface area contributed by atoms with Gasteiger partial charge in [-0.25, -0.2) is 15.0 Å². The van der Waals surface area contributed by atoms with Crippen LogP contribution in [-0.4, -0.2) is 15.0 Å². The second-order valence-corrected chi connectivity index (χ2v) is 14.3. The first-order chi connectivity index (χ1) is 27.8. The molecule has 56 heavy (non-hydrogen) atoms. The van der Waals surface area contributed by atoms with Crippen LogP contribution in [0.4, 0.5) is 0 Å². The minimum absolute atomic E-state index is 0.704. The summed E-state index contributed by atoms with van der Waals surface area (Å²) in [5, 5.41) is 9.59. The molecule has 0 atom stereocenters. The first-order valence-corrected chi connectivity index (χ1v) is 19.0. The van der Waals surface area contributed by atoms with E-state index in [0.717, 1.165) is 61.2 Å². The van der Waals surface area contributed by atoms with Crippen molar-refractivity contribution in [1.29, 1.82) is 0 Å². The lowest BCUT2D eigenvalue weighted by Crippen LogP contribution is -1.95. The van der Waals surface area contributed by atoms with Gasteiger partial charge >= 0.3 is 0 Å². The Morgan fingerprint density at radius 3 is 1.34 bits per heavy atom. The molecule has 11 aromatic rings. The van der Waals surface area contributed by atoms with Crippen LogP contribution < -0.4 is 0 Å². The quantitative estimate of drug-likeness (QED) is 0.167. The molecule has 0 saturated carbocycles. The number of hydrogen-bond acceptors (Lipinski definition) is 3. The molecule has 0 N–H and O–H groups in total. The molecule has 3 heteroatoms. The first kappa shape index (κ1) is 32.0. The third-order valence-corrected chi connectivity index (χ3v) is 11.0. The van der Waals surface area contributed by atoms with E-state index in [9.17, 15) is 0 Å². The van der Waals surface area contributed by atoms with E-state index in [1.165, 1.54) is 43.3 Å². The van der Waals surface area contributed by atoms with E-state index < -0.39 is 0 Å². The van der Waals surface area contributed by atoms with Gasteiger partial charge in [0.15, 0.2) is 5.82 Å². The molecule has 0 radical (unpaired) electrons. The van der Waals surface area contributed by atoms with Gasteiger partial charge in [-0.15, -0.1) is 0 Å². The Balaban J connectivity index is 1.02. The third-order valence-electron chi connectivity index (χ3n) is 11.0. The summed E-state index contributed by atoms with van der Waals surface area (Å²) in [5.74, 6) is 0.704. The summed E-state index contributed by atoms with van der Waals surface area (Å²) in [6, 6.07) is 70.9. The molecule has 0 aliphatic rings. The van der Waals surface area contributed by atoms with Gasteiger partial charge in [-0.1, -0.05) is 176 Å². The van der Waals surface area contributed by atoms with E-state index in [1.54, 1.807) is 0 Å². The summed E-state index contributed by atoms with van der Waals surface area (Å²) < 4.78 is 0. The first-order valence-electron chi connectivity index (χ1n) is 19.0. The summed E-state index contributed by atoms with van der Waals surface area (Å²) in [6.07, 6.45) is 0. The molecule has 0 aliphatic carbocycles. The predicted octanol–water partition coefficient (Wildman–Crippen LogP) is 14.0. The fourth-order valence-corrected chi connectivity index (χ4v) is 8.40. The Bertz CT molecular complexity index is 3300. The molecular weight excluding hydrogens is 679 g/mol. The van der Waals surface area contributed by atoms with Crippen LogP contribution in [0.2, 0.25) is 0 Å². The maximum atomic E-state index is 5.38. The van der Waals surface area contributed by atoms with Crippen LogP contribution in [-0.2, 0) is 0 Å². The van der Waals surface area contributed by atoms with Gasteiger partial charge in [0.05, 0.1) is 22.4 Å². The van der Waals surface area contributed by atoms with Crippen molar-refractivity contribution in [3.05, 3.63) is 200 Å². The minimum atomic E-state index is 0.704. The minimum Gasteiger partial charge on any atom is -0.247 e. The zero-order valence-corrected chi connectivity index (χ0v) is 30.4. The lowest BCUT2D eigenvalue weighted by atomic mass is 9.89. The molecule has 0 saturated heterocycles. The monoisotopic (exact) mass is 711 g/mol. The molecule has 0 spiro atoms. The number of aromatic nitrogens is 3. The van der Waals surface area contributed by atoms with E-state index in [4.69, 9.17) is 15.0 Å². The second-order valence-electron chi connectivity index (χ2n) is 14.3. The third kappa shape index (κ3) is 5.32. The second kappa shape index (κ2) is 13.1. The molecule has 2 aromatic heterocycles. The number of rotatable bonds is 5. The average Bonchev–Trinajstić information content (AvgIpc) is 3.28. The molecular formula is C53H33N3. The Morgan fingerprint density at radius 2 is 0.679 bits per heavy atom. The number of para-hydroxylation sites is 2. The Hall–Kier alpha value is -7.49. The molecule has 0 amide bonds. The number of benzene rings is 9. The van der Waals surface area contributed by atoms with Gasteiger partial charge in [0.1, 0.15) is 0 Å². The van der Waals surface area contributed by atoms with Crippen LogP contribution in [0.3, 0.4) is 0 Å². The van der Waals surface area contributed by atoms with E-state index in [-0.39, 0.29) is 0 Å². The maximum absolute atomic E-state index is 5.38. The van der Waals surface area contributed by atoms with Gasteiger partial charge in [0.2, 0.25) is 0 Å². The number of nitrogens with zero attached hydrogens (tertiary/aromatic N) is 3. The zero-order valence-electron chi connectivity index (χ0n) is 30.4. The Labute approximate surface area is 324 Å². The van der Waals surface area contributed by atoms with E-state index >= 15 is 0 Å². The van der Waals surface area contributed by atoms with Crippen molar-refractivity contribution >= 4 is 54.1 Å². The van der Waals surface area contributed by atoms with Gasteiger partial charge in [-0.3, -0.25) is 0 Å². The molecule has 260 valence electrons. The molecule has 11 rings (SSSR count). The molecule has 3 nitrogen and oxygen atoms in total. The predicted molar refractivity (Wildman–Crippen MR) is 235 cm³/mol. The molecule has 2 heterocycles. The SMILES string of the molecule is c1ccc(-c2cccc(-c3nc(-c4ccc(-c5cccc(-c6nc7ccccc7c7c8ccccc8c8ccccc8c67)c5)cc4)nc4ccccc34)c2)cc1. The van der Waals surface area contributed by atoms with Crippen molar-refractivity contribution in [2.75, 3.05) is 0 Å². The fourth-order valence-electron chi connectivity index (χ4n) is 8.40. The van der Waals surface area contributed by atoms with E-state index in [0.29, 0.717) is 5.82 Å².